The molecule has 0 saturated heterocycles. The maximum Gasteiger partial charge on any atom is 0.343 e. The zero-order valence-electron chi connectivity index (χ0n) is 22.2. The molecule has 0 aliphatic heterocycles. The van der Waals surface area contributed by atoms with Gasteiger partial charge in [-0.05, 0) is 91.7 Å². The summed E-state index contributed by atoms with van der Waals surface area (Å²) >= 11 is 0. The Labute approximate surface area is 228 Å². The zero-order chi connectivity index (χ0) is 27.6. The second-order valence-corrected chi connectivity index (χ2v) is 11.3. The highest BCUT2D eigenvalue weighted by Crippen LogP contribution is 2.61. The number of carbonyl (C=O) groups excluding carboxylic acids is 3. The maximum absolute atomic E-state index is 12.5. The average molecular weight is 534 g/mol. The highest BCUT2D eigenvalue weighted by molar-refractivity contribution is 5.91. The van der Waals surface area contributed by atoms with Crippen LogP contribution >= 0.6 is 0 Å². The van der Waals surface area contributed by atoms with Gasteiger partial charge in [0.2, 0.25) is 5.91 Å². The molecule has 2 fully saturated rings. The van der Waals surface area contributed by atoms with Crippen LogP contribution in [-0.2, 0) is 25.5 Å². The Bertz CT molecular complexity index is 1260. The molecule has 8 heteroatoms. The zero-order valence-corrected chi connectivity index (χ0v) is 22.2. The van der Waals surface area contributed by atoms with Crippen molar-refractivity contribution in [3.8, 4) is 5.75 Å². The number of rotatable bonds is 8. The third-order valence-electron chi connectivity index (χ3n) is 9.10. The van der Waals surface area contributed by atoms with Crippen molar-refractivity contribution in [1.82, 2.24) is 5.32 Å². The predicted molar refractivity (Wildman–Crippen MR) is 142 cm³/mol. The van der Waals surface area contributed by atoms with Gasteiger partial charge in [0.15, 0.2) is 0 Å². The van der Waals surface area contributed by atoms with E-state index in [9.17, 15) is 19.2 Å². The minimum absolute atomic E-state index is 0.104. The van der Waals surface area contributed by atoms with Gasteiger partial charge in [-0.2, -0.15) is 0 Å². The van der Waals surface area contributed by atoms with Crippen LogP contribution in [0, 0.1) is 17.3 Å². The summed E-state index contributed by atoms with van der Waals surface area (Å²) in [6.45, 7) is 2.00. The minimum Gasteiger partial charge on any atom is -0.481 e. The van der Waals surface area contributed by atoms with Crippen LogP contribution in [0.1, 0.15) is 79.3 Å². The summed E-state index contributed by atoms with van der Waals surface area (Å²) in [5.41, 5.74) is 3.02. The van der Waals surface area contributed by atoms with Crippen molar-refractivity contribution in [2.45, 2.75) is 70.3 Å². The Hall–Kier alpha value is -3.68. The summed E-state index contributed by atoms with van der Waals surface area (Å²) < 4.78 is 11.5. The molecule has 2 aromatic carbocycles. The van der Waals surface area contributed by atoms with Crippen molar-refractivity contribution in [3.05, 3.63) is 65.2 Å². The molecular formula is C31H35NO7. The van der Waals surface area contributed by atoms with Gasteiger partial charge in [0.25, 0.3) is 0 Å². The van der Waals surface area contributed by atoms with Crippen molar-refractivity contribution in [2.24, 2.45) is 17.3 Å². The molecule has 206 valence electrons. The number of ether oxygens (including phenoxy) is 2. The van der Waals surface area contributed by atoms with Crippen molar-refractivity contribution >= 4 is 23.8 Å². The molecule has 5 atom stereocenters. The second-order valence-electron chi connectivity index (χ2n) is 11.3. The topological polar surface area (TPSA) is 119 Å². The van der Waals surface area contributed by atoms with E-state index in [1.54, 1.807) is 12.1 Å². The fraction of sp³-hybridized carbons (Fsp3) is 0.484. The Balaban J connectivity index is 1.20. The van der Waals surface area contributed by atoms with E-state index in [2.05, 4.69) is 18.3 Å². The molecule has 0 aromatic heterocycles. The van der Waals surface area contributed by atoms with Crippen molar-refractivity contribution < 1.29 is 33.8 Å². The molecule has 2 saturated carbocycles. The average Bonchev–Trinajstić information content (AvgIpc) is 3.26. The smallest absolute Gasteiger partial charge is 0.343 e. The van der Waals surface area contributed by atoms with Gasteiger partial charge in [0.1, 0.15) is 18.4 Å². The van der Waals surface area contributed by atoms with Gasteiger partial charge >= 0.3 is 17.9 Å². The van der Waals surface area contributed by atoms with Gasteiger partial charge in [-0.15, -0.1) is 0 Å². The third-order valence-corrected chi connectivity index (χ3v) is 9.10. The summed E-state index contributed by atoms with van der Waals surface area (Å²) in [4.78, 5) is 47.4. The van der Waals surface area contributed by atoms with Crippen LogP contribution in [-0.4, -0.2) is 41.6 Å². The number of fused-ring (bicyclic) bond motifs is 5. The molecule has 2 N–H and O–H groups in total. The number of aliphatic carboxylic acids is 1. The highest BCUT2D eigenvalue weighted by Gasteiger charge is 2.56. The lowest BCUT2D eigenvalue weighted by molar-refractivity contribution is -0.157. The third kappa shape index (κ3) is 5.70. The van der Waals surface area contributed by atoms with Crippen LogP contribution in [0.15, 0.2) is 48.5 Å². The highest BCUT2D eigenvalue weighted by atomic mass is 16.5. The van der Waals surface area contributed by atoms with E-state index < -0.39 is 17.8 Å². The van der Waals surface area contributed by atoms with Gasteiger partial charge in [0, 0.05) is 11.8 Å². The molecule has 3 aliphatic carbocycles. The van der Waals surface area contributed by atoms with Crippen LogP contribution in [0.4, 0.5) is 0 Å². The Morgan fingerprint density at radius 1 is 1.00 bits per heavy atom. The fourth-order valence-corrected chi connectivity index (χ4v) is 7.19. The molecule has 8 nitrogen and oxygen atoms in total. The molecule has 3 aliphatic rings. The molecule has 5 rings (SSSR count). The summed E-state index contributed by atoms with van der Waals surface area (Å²) in [5, 5.41) is 11.2. The lowest BCUT2D eigenvalue weighted by atomic mass is 9.55. The number of amides is 1. The lowest BCUT2D eigenvalue weighted by Gasteiger charge is -2.50. The molecular weight excluding hydrogens is 498 g/mol. The SMILES string of the molecule is C[C@@]12CCC3c4ccc(OC(=O)c5ccccc5)cc4CCC3C1CC[C@H]2OC(=O)CNC(=O)CCC(=O)O. The number of hydrogen-bond acceptors (Lipinski definition) is 6. The van der Waals surface area contributed by atoms with Crippen LogP contribution in [0.25, 0.3) is 0 Å². The monoisotopic (exact) mass is 533 g/mol. The van der Waals surface area contributed by atoms with E-state index in [4.69, 9.17) is 14.6 Å². The van der Waals surface area contributed by atoms with E-state index in [1.807, 2.05) is 30.3 Å². The molecule has 2 aromatic rings. The molecule has 1 amide bonds. The number of carboxylic acids is 1. The van der Waals surface area contributed by atoms with Gasteiger partial charge in [-0.1, -0.05) is 31.2 Å². The van der Waals surface area contributed by atoms with E-state index in [0.29, 0.717) is 29.1 Å². The summed E-state index contributed by atoms with van der Waals surface area (Å²) in [6, 6.07) is 15.0. The molecule has 0 bridgehead atoms. The van der Waals surface area contributed by atoms with Crippen molar-refractivity contribution in [1.29, 1.82) is 0 Å². The van der Waals surface area contributed by atoms with E-state index in [-0.39, 0.29) is 36.9 Å². The largest absolute Gasteiger partial charge is 0.481 e. The molecule has 0 heterocycles. The minimum atomic E-state index is -1.05. The first kappa shape index (κ1) is 26.9. The molecule has 0 radical (unpaired) electrons. The summed E-state index contributed by atoms with van der Waals surface area (Å²) in [5.74, 6) is -0.382. The Morgan fingerprint density at radius 3 is 2.56 bits per heavy atom. The van der Waals surface area contributed by atoms with Crippen molar-refractivity contribution in [3.63, 3.8) is 0 Å². The number of carbonyl (C=O) groups is 4. The summed E-state index contributed by atoms with van der Waals surface area (Å²) in [6.07, 6.45) is 5.13. The standard InChI is InChI=1S/C31H35NO7/c1-31-16-15-23-22-10-8-21(38-30(37)19-5-3-2-4-6-19)17-20(22)7-9-24(23)25(31)11-12-26(31)39-29(36)18-32-27(33)13-14-28(34)35/h2-6,8,10,17,23-26H,7,9,11-16,18H2,1H3,(H,32,33)(H,34,35)/t23?,24?,25?,26-,31-/m1/s1. The Kier molecular flexibility index (Phi) is 7.73. The first-order valence-electron chi connectivity index (χ1n) is 13.8. The number of hydrogen-bond donors (Lipinski definition) is 2. The molecule has 0 spiro atoms. The fourth-order valence-electron chi connectivity index (χ4n) is 7.19. The van der Waals surface area contributed by atoms with Gasteiger partial charge in [-0.25, -0.2) is 4.79 Å². The quantitative estimate of drug-likeness (QED) is 0.374. The maximum atomic E-state index is 12.5. The summed E-state index contributed by atoms with van der Waals surface area (Å²) in [7, 11) is 0. The predicted octanol–water partition coefficient (Wildman–Crippen LogP) is 4.65. The van der Waals surface area contributed by atoms with Gasteiger partial charge < -0.3 is 19.9 Å². The number of esters is 2. The second kappa shape index (κ2) is 11.2. The number of carboxylic acid groups (broad SMARTS) is 1. The van der Waals surface area contributed by atoms with Gasteiger partial charge in [0.05, 0.1) is 12.0 Å². The number of aryl methyl sites for hydroxylation is 1. The van der Waals surface area contributed by atoms with E-state index in [1.165, 1.54) is 11.1 Å². The molecule has 3 unspecified atom stereocenters. The lowest BCUT2D eigenvalue weighted by Crippen LogP contribution is -2.46. The Morgan fingerprint density at radius 2 is 1.79 bits per heavy atom. The van der Waals surface area contributed by atoms with Crippen LogP contribution < -0.4 is 10.1 Å². The normalized spacial score (nSPS) is 26.9. The first-order chi connectivity index (χ1) is 18.7. The van der Waals surface area contributed by atoms with Crippen molar-refractivity contribution in [2.75, 3.05) is 6.54 Å². The number of nitrogens with one attached hydrogen (secondary N) is 1. The van der Waals surface area contributed by atoms with Crippen LogP contribution in [0.3, 0.4) is 0 Å². The first-order valence-corrected chi connectivity index (χ1v) is 13.8. The van der Waals surface area contributed by atoms with E-state index >= 15 is 0 Å². The van der Waals surface area contributed by atoms with E-state index in [0.717, 1.165) is 38.5 Å². The number of benzene rings is 2. The van der Waals surface area contributed by atoms with Gasteiger partial charge in [-0.3, -0.25) is 14.4 Å². The van der Waals surface area contributed by atoms with Crippen LogP contribution in [0.5, 0.6) is 5.75 Å². The molecule has 39 heavy (non-hydrogen) atoms. The van der Waals surface area contributed by atoms with Crippen LogP contribution in [0.2, 0.25) is 0 Å².